The number of carbonyl (C=O) groups is 1. The molecule has 0 saturated heterocycles. The van der Waals surface area contributed by atoms with Gasteiger partial charge in [0.05, 0.1) is 5.69 Å². The summed E-state index contributed by atoms with van der Waals surface area (Å²) in [5.74, 6) is 7.24. The first-order valence-corrected chi connectivity index (χ1v) is 10.7. The summed E-state index contributed by atoms with van der Waals surface area (Å²) in [6.45, 7) is 2.37. The van der Waals surface area contributed by atoms with Crippen molar-refractivity contribution in [2.24, 2.45) is 0 Å². The monoisotopic (exact) mass is 429 g/mol. The van der Waals surface area contributed by atoms with Crippen molar-refractivity contribution in [2.45, 2.75) is 45.6 Å². The molecule has 3 aromatic rings. The Hall–Kier alpha value is -3.92. The smallest absolute Gasteiger partial charge is 0.248 e. The number of nitrogens with zero attached hydrogens (tertiary/aromatic N) is 3. The van der Waals surface area contributed by atoms with E-state index in [2.05, 4.69) is 44.7 Å². The Kier molecular flexibility index (Phi) is 9.03. The maximum atomic E-state index is 12.4. The maximum absolute atomic E-state index is 12.4. The van der Waals surface area contributed by atoms with E-state index in [4.69, 9.17) is 4.74 Å². The highest BCUT2D eigenvalue weighted by atomic mass is 16.5. The zero-order valence-electron chi connectivity index (χ0n) is 18.2. The third-order valence-electron chi connectivity index (χ3n) is 4.63. The van der Waals surface area contributed by atoms with Gasteiger partial charge in [0.2, 0.25) is 5.91 Å². The molecule has 0 aliphatic heterocycles. The van der Waals surface area contributed by atoms with Gasteiger partial charge in [-0.3, -0.25) is 4.79 Å². The second-order valence-corrected chi connectivity index (χ2v) is 7.18. The summed E-state index contributed by atoms with van der Waals surface area (Å²) < 4.78 is 5.69. The highest BCUT2D eigenvalue weighted by Gasteiger charge is 2.07. The standard InChI is InChI=1S/C25H27N5O2/c1-2-3-4-5-6-7-10-20-13-15-21(16-14-20)17-18-25(31)26-22-11-8-9-12-23(22)32-19-24-27-29-30-28-24/h8-9,11-18H,2-5,10,19H2,1H3,(H,26,31)(H,27,28,29,30). The molecule has 0 radical (unpaired) electrons. The van der Waals surface area contributed by atoms with E-state index < -0.39 is 0 Å². The molecule has 0 spiro atoms. The predicted molar refractivity (Wildman–Crippen MR) is 125 cm³/mol. The molecule has 0 saturated carbocycles. The Morgan fingerprint density at radius 3 is 2.75 bits per heavy atom. The van der Waals surface area contributed by atoms with Crippen molar-refractivity contribution < 1.29 is 9.53 Å². The van der Waals surface area contributed by atoms with E-state index in [1.54, 1.807) is 18.2 Å². The first-order chi connectivity index (χ1) is 15.7. The lowest BCUT2D eigenvalue weighted by molar-refractivity contribution is -0.111. The van der Waals surface area contributed by atoms with Crippen molar-refractivity contribution in [3.63, 3.8) is 0 Å². The zero-order valence-corrected chi connectivity index (χ0v) is 18.2. The average molecular weight is 430 g/mol. The van der Waals surface area contributed by atoms with Gasteiger partial charge >= 0.3 is 0 Å². The van der Waals surface area contributed by atoms with E-state index in [1.165, 1.54) is 30.9 Å². The van der Waals surface area contributed by atoms with Crippen molar-refractivity contribution in [3.05, 3.63) is 71.6 Å². The number of amides is 1. The van der Waals surface area contributed by atoms with Gasteiger partial charge in [-0.1, -0.05) is 62.1 Å². The number of hydrogen-bond acceptors (Lipinski definition) is 5. The molecule has 0 fully saturated rings. The number of hydrogen-bond donors (Lipinski definition) is 2. The van der Waals surface area contributed by atoms with Gasteiger partial charge in [0.1, 0.15) is 12.4 Å². The molecule has 0 bridgehead atoms. The van der Waals surface area contributed by atoms with Crippen molar-refractivity contribution in [2.75, 3.05) is 5.32 Å². The molecular formula is C25H27N5O2. The second kappa shape index (κ2) is 12.7. The summed E-state index contributed by atoms with van der Waals surface area (Å²) >= 11 is 0. The molecule has 1 heterocycles. The van der Waals surface area contributed by atoms with Crippen molar-refractivity contribution in [1.82, 2.24) is 20.6 Å². The first-order valence-electron chi connectivity index (χ1n) is 10.7. The van der Waals surface area contributed by atoms with Crippen LogP contribution in [0.15, 0.2) is 54.6 Å². The molecule has 7 nitrogen and oxygen atoms in total. The van der Waals surface area contributed by atoms with E-state index in [9.17, 15) is 4.79 Å². The maximum Gasteiger partial charge on any atom is 0.248 e. The number of unbranched alkanes of at least 4 members (excludes halogenated alkanes) is 3. The van der Waals surface area contributed by atoms with Crippen LogP contribution in [-0.2, 0) is 17.8 Å². The van der Waals surface area contributed by atoms with Gasteiger partial charge in [-0.2, -0.15) is 0 Å². The summed E-state index contributed by atoms with van der Waals surface area (Å²) in [6.07, 6.45) is 8.62. The van der Waals surface area contributed by atoms with Crippen LogP contribution < -0.4 is 10.1 Å². The highest BCUT2D eigenvalue weighted by Crippen LogP contribution is 2.24. The molecule has 32 heavy (non-hydrogen) atoms. The molecule has 2 aromatic carbocycles. The van der Waals surface area contributed by atoms with Crippen LogP contribution in [0.3, 0.4) is 0 Å². The van der Waals surface area contributed by atoms with Crippen molar-refractivity contribution in [1.29, 1.82) is 0 Å². The van der Waals surface area contributed by atoms with Crippen LogP contribution in [-0.4, -0.2) is 26.5 Å². The minimum atomic E-state index is -0.246. The van der Waals surface area contributed by atoms with Gasteiger partial charge in [-0.25, -0.2) is 5.10 Å². The number of para-hydroxylation sites is 2. The molecule has 164 valence electrons. The first kappa shape index (κ1) is 22.8. The van der Waals surface area contributed by atoms with Crippen LogP contribution in [0.2, 0.25) is 0 Å². The lowest BCUT2D eigenvalue weighted by Crippen LogP contribution is -2.09. The minimum absolute atomic E-state index is 0.172. The fourth-order valence-electron chi connectivity index (χ4n) is 2.89. The van der Waals surface area contributed by atoms with Crippen LogP contribution in [0.1, 0.15) is 49.6 Å². The van der Waals surface area contributed by atoms with Gasteiger partial charge in [-0.15, -0.1) is 11.0 Å². The summed E-state index contributed by atoms with van der Waals surface area (Å²) in [6, 6.07) is 15.3. The van der Waals surface area contributed by atoms with Crippen LogP contribution in [0, 0.1) is 11.8 Å². The lowest BCUT2D eigenvalue weighted by atomic mass is 10.1. The van der Waals surface area contributed by atoms with Gasteiger partial charge < -0.3 is 10.1 Å². The van der Waals surface area contributed by atoms with Crippen LogP contribution in [0.5, 0.6) is 5.75 Å². The molecule has 0 aliphatic carbocycles. The molecule has 0 aliphatic rings. The molecule has 0 atom stereocenters. The number of nitrogens with one attached hydrogen (secondary N) is 2. The number of benzene rings is 2. The third kappa shape index (κ3) is 7.73. The van der Waals surface area contributed by atoms with Crippen LogP contribution >= 0.6 is 0 Å². The molecule has 2 N–H and O–H groups in total. The Balaban J connectivity index is 1.50. The van der Waals surface area contributed by atoms with Crippen LogP contribution in [0.4, 0.5) is 5.69 Å². The normalized spacial score (nSPS) is 10.5. The van der Waals surface area contributed by atoms with E-state index in [0.29, 0.717) is 17.3 Å². The van der Waals surface area contributed by atoms with E-state index >= 15 is 0 Å². The number of rotatable bonds is 10. The minimum Gasteiger partial charge on any atom is -0.483 e. The zero-order chi connectivity index (χ0) is 22.4. The summed E-state index contributed by atoms with van der Waals surface area (Å²) in [7, 11) is 0. The van der Waals surface area contributed by atoms with Gasteiger partial charge in [0.25, 0.3) is 0 Å². The van der Waals surface area contributed by atoms with E-state index in [0.717, 1.165) is 18.4 Å². The molecule has 3 rings (SSSR count). The van der Waals surface area contributed by atoms with E-state index in [-0.39, 0.29) is 12.5 Å². The number of ether oxygens (including phenoxy) is 1. The summed E-state index contributed by atoms with van der Waals surface area (Å²) in [5.41, 5.74) is 2.69. The van der Waals surface area contributed by atoms with Gasteiger partial charge in [-0.05, 0) is 46.2 Å². The topological polar surface area (TPSA) is 92.8 Å². The number of aromatic amines is 1. The van der Waals surface area contributed by atoms with Crippen molar-refractivity contribution in [3.8, 4) is 17.6 Å². The quantitative estimate of drug-likeness (QED) is 0.280. The number of aromatic nitrogens is 4. The summed E-state index contributed by atoms with van der Waals surface area (Å²) in [5, 5.41) is 16.3. The fourth-order valence-corrected chi connectivity index (χ4v) is 2.89. The predicted octanol–water partition coefficient (Wildman–Crippen LogP) is 4.56. The van der Waals surface area contributed by atoms with Crippen molar-refractivity contribution >= 4 is 17.7 Å². The third-order valence-corrected chi connectivity index (χ3v) is 4.63. The Morgan fingerprint density at radius 1 is 1.12 bits per heavy atom. The lowest BCUT2D eigenvalue weighted by Gasteiger charge is -2.10. The molecular weight excluding hydrogens is 402 g/mol. The molecule has 1 aromatic heterocycles. The number of H-pyrrole nitrogens is 1. The molecule has 7 heteroatoms. The average Bonchev–Trinajstić information content (AvgIpc) is 3.34. The second-order valence-electron chi connectivity index (χ2n) is 7.18. The SMILES string of the molecule is CCCCCC#CCc1ccc(C=CC(=O)Nc2ccccc2OCc2nnn[nH]2)cc1. The number of tetrazole rings is 1. The van der Waals surface area contributed by atoms with E-state index in [1.807, 2.05) is 36.4 Å². The largest absolute Gasteiger partial charge is 0.483 e. The fraction of sp³-hybridized carbons (Fsp3) is 0.280. The summed E-state index contributed by atoms with van der Waals surface area (Å²) in [4.78, 5) is 12.4. The molecule has 1 amide bonds. The Bertz CT molecular complexity index is 1060. The van der Waals surface area contributed by atoms with Gasteiger partial charge in [0.15, 0.2) is 5.82 Å². The number of anilines is 1. The number of carbonyl (C=O) groups excluding carboxylic acids is 1. The highest BCUT2D eigenvalue weighted by molar-refractivity contribution is 6.02. The Labute approximate surface area is 188 Å². The van der Waals surface area contributed by atoms with Gasteiger partial charge in [0, 0.05) is 18.9 Å². The molecule has 0 unspecified atom stereocenters. The Morgan fingerprint density at radius 2 is 1.97 bits per heavy atom. The van der Waals surface area contributed by atoms with Crippen LogP contribution in [0.25, 0.3) is 6.08 Å².